The van der Waals surface area contributed by atoms with Gasteiger partial charge in [-0.2, -0.15) is 0 Å². The van der Waals surface area contributed by atoms with E-state index in [1.165, 1.54) is 11.3 Å². The lowest BCUT2D eigenvalue weighted by Crippen LogP contribution is -2.46. The second kappa shape index (κ2) is 7.66. The molecule has 3 N–H and O–H groups in total. The summed E-state index contributed by atoms with van der Waals surface area (Å²) in [5, 5.41) is 14.7. The SMILES string of the molecule is CCC(CC)(CNC(=O)NC(C)c1ccc(Cl)s1)C(=O)O. The molecule has 0 aromatic carbocycles. The Hall–Kier alpha value is -1.27. The predicted octanol–water partition coefficient (Wildman–Crippen LogP) is 3.65. The normalized spacial score (nSPS) is 12.8. The maximum absolute atomic E-state index is 11.9. The maximum atomic E-state index is 11.9. The fraction of sp³-hybridized carbons (Fsp3) is 0.571. The van der Waals surface area contributed by atoms with Crippen LogP contribution < -0.4 is 10.6 Å². The van der Waals surface area contributed by atoms with Crippen molar-refractivity contribution in [2.45, 2.75) is 39.7 Å². The number of hydrogen-bond acceptors (Lipinski definition) is 3. The van der Waals surface area contributed by atoms with Crippen LogP contribution in [0.15, 0.2) is 12.1 Å². The molecule has 21 heavy (non-hydrogen) atoms. The van der Waals surface area contributed by atoms with E-state index >= 15 is 0 Å². The van der Waals surface area contributed by atoms with E-state index in [0.717, 1.165) is 4.88 Å². The van der Waals surface area contributed by atoms with Gasteiger partial charge in [0.05, 0.1) is 15.8 Å². The number of carboxylic acid groups (broad SMARTS) is 1. The summed E-state index contributed by atoms with van der Waals surface area (Å²) >= 11 is 7.26. The summed E-state index contributed by atoms with van der Waals surface area (Å²) < 4.78 is 0.668. The zero-order valence-electron chi connectivity index (χ0n) is 12.4. The molecule has 7 heteroatoms. The Morgan fingerprint density at radius 3 is 2.43 bits per heavy atom. The minimum Gasteiger partial charge on any atom is -0.481 e. The Morgan fingerprint density at radius 1 is 1.38 bits per heavy atom. The molecule has 0 radical (unpaired) electrons. The number of carbonyl (C=O) groups excluding carboxylic acids is 1. The van der Waals surface area contributed by atoms with Gasteiger partial charge in [-0.1, -0.05) is 25.4 Å². The second-order valence-electron chi connectivity index (χ2n) is 4.98. The third-order valence-corrected chi connectivity index (χ3v) is 5.18. The highest BCUT2D eigenvalue weighted by atomic mass is 35.5. The van der Waals surface area contributed by atoms with Crippen LogP contribution in [0.2, 0.25) is 4.34 Å². The molecule has 1 rings (SSSR count). The molecule has 1 heterocycles. The first-order chi connectivity index (χ1) is 9.84. The van der Waals surface area contributed by atoms with Crippen molar-refractivity contribution in [1.29, 1.82) is 0 Å². The van der Waals surface area contributed by atoms with Crippen molar-refractivity contribution in [3.8, 4) is 0 Å². The monoisotopic (exact) mass is 332 g/mol. The van der Waals surface area contributed by atoms with E-state index in [9.17, 15) is 14.7 Å². The number of thiophene rings is 1. The van der Waals surface area contributed by atoms with Crippen LogP contribution in [-0.4, -0.2) is 23.7 Å². The molecule has 0 aliphatic rings. The van der Waals surface area contributed by atoms with Gasteiger partial charge in [0.25, 0.3) is 0 Å². The maximum Gasteiger partial charge on any atom is 0.315 e. The Kier molecular flexibility index (Phi) is 6.48. The largest absolute Gasteiger partial charge is 0.481 e. The first-order valence-electron chi connectivity index (χ1n) is 6.87. The number of nitrogens with one attached hydrogen (secondary N) is 2. The second-order valence-corrected chi connectivity index (χ2v) is 6.73. The van der Waals surface area contributed by atoms with Crippen molar-refractivity contribution in [3.63, 3.8) is 0 Å². The van der Waals surface area contributed by atoms with Crippen LogP contribution in [0.5, 0.6) is 0 Å². The molecule has 1 aromatic heterocycles. The van der Waals surface area contributed by atoms with Gasteiger partial charge in [0.15, 0.2) is 0 Å². The number of hydrogen-bond donors (Lipinski definition) is 3. The Balaban J connectivity index is 2.55. The van der Waals surface area contributed by atoms with E-state index in [-0.39, 0.29) is 18.6 Å². The lowest BCUT2D eigenvalue weighted by Gasteiger charge is -2.27. The summed E-state index contributed by atoms with van der Waals surface area (Å²) in [7, 11) is 0. The number of carbonyl (C=O) groups is 2. The van der Waals surface area contributed by atoms with Crippen molar-refractivity contribution < 1.29 is 14.7 Å². The molecular weight excluding hydrogens is 312 g/mol. The number of halogens is 1. The van der Waals surface area contributed by atoms with Crippen LogP contribution in [0.4, 0.5) is 4.79 Å². The Morgan fingerprint density at radius 2 is 2.00 bits per heavy atom. The standard InChI is InChI=1S/C14H21ClN2O3S/c1-4-14(5-2,12(18)19)8-16-13(20)17-9(3)10-6-7-11(15)21-10/h6-7,9H,4-5,8H2,1-3H3,(H,18,19)(H2,16,17,20). The minimum atomic E-state index is -0.910. The molecule has 0 saturated carbocycles. The number of amides is 2. The van der Waals surface area contributed by atoms with Crippen LogP contribution in [0.25, 0.3) is 0 Å². The molecule has 0 aliphatic carbocycles. The molecule has 5 nitrogen and oxygen atoms in total. The number of urea groups is 1. The van der Waals surface area contributed by atoms with Gasteiger partial charge < -0.3 is 15.7 Å². The van der Waals surface area contributed by atoms with Crippen LogP contribution >= 0.6 is 22.9 Å². The van der Waals surface area contributed by atoms with Gasteiger partial charge in [-0.05, 0) is 31.9 Å². The first kappa shape index (κ1) is 17.8. The van der Waals surface area contributed by atoms with Crippen molar-refractivity contribution in [2.75, 3.05) is 6.54 Å². The number of aliphatic carboxylic acids is 1. The van der Waals surface area contributed by atoms with Crippen LogP contribution in [0.1, 0.15) is 44.5 Å². The molecule has 0 spiro atoms. The molecule has 1 unspecified atom stereocenters. The first-order valence-corrected chi connectivity index (χ1v) is 8.07. The van der Waals surface area contributed by atoms with E-state index in [0.29, 0.717) is 17.2 Å². The molecule has 1 aromatic rings. The molecule has 0 aliphatic heterocycles. The fourth-order valence-corrected chi connectivity index (χ4v) is 3.07. The summed E-state index contributed by atoms with van der Waals surface area (Å²) in [6, 6.07) is 3.09. The third-order valence-electron chi connectivity index (χ3n) is 3.76. The molecule has 1 atom stereocenters. The fourth-order valence-electron chi connectivity index (χ4n) is 2.01. The van der Waals surface area contributed by atoms with Gasteiger partial charge in [-0.3, -0.25) is 4.79 Å². The molecule has 2 amide bonds. The van der Waals surface area contributed by atoms with Crippen LogP contribution in [0.3, 0.4) is 0 Å². The summed E-state index contributed by atoms with van der Waals surface area (Å²) in [5.41, 5.74) is -0.910. The highest BCUT2D eigenvalue weighted by Crippen LogP contribution is 2.27. The average Bonchev–Trinajstić information content (AvgIpc) is 2.87. The van der Waals surface area contributed by atoms with Gasteiger partial charge >= 0.3 is 12.0 Å². The number of carboxylic acids is 1. The zero-order chi connectivity index (χ0) is 16.0. The average molecular weight is 333 g/mol. The van der Waals surface area contributed by atoms with Crippen LogP contribution in [-0.2, 0) is 4.79 Å². The highest BCUT2D eigenvalue weighted by molar-refractivity contribution is 7.16. The Labute approximate surface area is 133 Å². The van der Waals surface area contributed by atoms with E-state index < -0.39 is 11.4 Å². The lowest BCUT2D eigenvalue weighted by molar-refractivity contribution is -0.149. The van der Waals surface area contributed by atoms with Crippen molar-refractivity contribution >= 4 is 34.9 Å². The van der Waals surface area contributed by atoms with Gasteiger partial charge in [-0.15, -0.1) is 11.3 Å². The summed E-state index contributed by atoms with van der Waals surface area (Å²) in [4.78, 5) is 24.2. The number of rotatable bonds is 7. The molecule has 0 fully saturated rings. The molecule has 118 valence electrons. The molecular formula is C14H21ClN2O3S. The lowest BCUT2D eigenvalue weighted by atomic mass is 9.82. The summed E-state index contributed by atoms with van der Waals surface area (Å²) in [6.07, 6.45) is 0.935. The molecule has 0 saturated heterocycles. The molecule has 0 bridgehead atoms. The zero-order valence-corrected chi connectivity index (χ0v) is 14.0. The van der Waals surface area contributed by atoms with Crippen molar-refractivity contribution in [2.24, 2.45) is 5.41 Å². The van der Waals surface area contributed by atoms with E-state index in [2.05, 4.69) is 10.6 Å². The van der Waals surface area contributed by atoms with E-state index in [1.54, 1.807) is 6.07 Å². The Bertz CT molecular complexity index is 500. The third kappa shape index (κ3) is 4.61. The topological polar surface area (TPSA) is 78.4 Å². The predicted molar refractivity (Wildman–Crippen MR) is 84.9 cm³/mol. The van der Waals surface area contributed by atoms with E-state index in [1.807, 2.05) is 26.8 Å². The van der Waals surface area contributed by atoms with Gasteiger partial charge in [0.1, 0.15) is 0 Å². The van der Waals surface area contributed by atoms with Crippen molar-refractivity contribution in [1.82, 2.24) is 10.6 Å². The van der Waals surface area contributed by atoms with Gasteiger partial charge in [0.2, 0.25) is 0 Å². The van der Waals surface area contributed by atoms with Crippen LogP contribution in [0, 0.1) is 5.41 Å². The van der Waals surface area contributed by atoms with Crippen molar-refractivity contribution in [3.05, 3.63) is 21.3 Å². The highest BCUT2D eigenvalue weighted by Gasteiger charge is 2.35. The smallest absolute Gasteiger partial charge is 0.315 e. The quantitative estimate of drug-likeness (QED) is 0.713. The summed E-state index contributed by atoms with van der Waals surface area (Å²) in [6.45, 7) is 5.59. The van der Waals surface area contributed by atoms with E-state index in [4.69, 9.17) is 11.6 Å². The minimum absolute atomic E-state index is 0.110. The van der Waals surface area contributed by atoms with Gasteiger partial charge in [0, 0.05) is 11.4 Å². The van der Waals surface area contributed by atoms with Gasteiger partial charge in [-0.25, -0.2) is 4.79 Å². The summed E-state index contributed by atoms with van der Waals surface area (Å²) in [5.74, 6) is -0.883.